The van der Waals surface area contributed by atoms with Gasteiger partial charge in [-0.05, 0) is 76.5 Å². The SMILES string of the molecule is CCOC[C@@H]1CCCN(C[C@H]2CCCC[C@@H]2NC(=O)c2cnc(C)cc2C)C1.Cl. The van der Waals surface area contributed by atoms with Crippen LogP contribution in [0.1, 0.15) is 67.1 Å². The first kappa shape index (κ1) is 24.1. The van der Waals surface area contributed by atoms with E-state index >= 15 is 0 Å². The molecule has 0 bridgehead atoms. The van der Waals surface area contributed by atoms with Crippen LogP contribution in [-0.4, -0.2) is 54.7 Å². The highest BCUT2D eigenvalue weighted by Crippen LogP contribution is 2.28. The van der Waals surface area contributed by atoms with Crippen LogP contribution in [0.2, 0.25) is 0 Å². The number of amides is 1. The maximum atomic E-state index is 12.9. The summed E-state index contributed by atoms with van der Waals surface area (Å²) in [4.78, 5) is 19.8. The van der Waals surface area contributed by atoms with E-state index in [-0.39, 0.29) is 24.4 Å². The summed E-state index contributed by atoms with van der Waals surface area (Å²) in [6.45, 7) is 11.1. The first-order chi connectivity index (χ1) is 13.6. The molecule has 0 spiro atoms. The maximum Gasteiger partial charge on any atom is 0.253 e. The first-order valence-corrected chi connectivity index (χ1v) is 11.1. The minimum absolute atomic E-state index is 0. The molecule has 5 nitrogen and oxygen atoms in total. The highest BCUT2D eigenvalue weighted by Gasteiger charge is 2.30. The van der Waals surface area contributed by atoms with Gasteiger partial charge >= 0.3 is 0 Å². The van der Waals surface area contributed by atoms with Gasteiger partial charge in [-0.1, -0.05) is 12.8 Å². The zero-order chi connectivity index (χ0) is 19.9. The third-order valence-electron chi connectivity index (χ3n) is 6.37. The molecule has 1 amide bonds. The van der Waals surface area contributed by atoms with Gasteiger partial charge < -0.3 is 15.0 Å². The van der Waals surface area contributed by atoms with Crippen molar-refractivity contribution in [2.24, 2.45) is 11.8 Å². The number of nitrogens with one attached hydrogen (secondary N) is 1. The maximum absolute atomic E-state index is 12.9. The van der Waals surface area contributed by atoms with E-state index < -0.39 is 0 Å². The van der Waals surface area contributed by atoms with Crippen LogP contribution < -0.4 is 5.32 Å². The molecule has 29 heavy (non-hydrogen) atoms. The summed E-state index contributed by atoms with van der Waals surface area (Å²) in [7, 11) is 0. The number of pyridine rings is 1. The van der Waals surface area contributed by atoms with E-state index in [9.17, 15) is 4.79 Å². The minimum atomic E-state index is 0. The second kappa shape index (κ2) is 11.9. The van der Waals surface area contributed by atoms with Crippen molar-refractivity contribution in [1.29, 1.82) is 0 Å². The molecule has 1 N–H and O–H groups in total. The lowest BCUT2D eigenvalue weighted by Gasteiger charge is -2.39. The molecule has 1 saturated carbocycles. The van der Waals surface area contributed by atoms with E-state index in [2.05, 4.69) is 22.1 Å². The Kier molecular flexibility index (Phi) is 9.87. The molecular formula is C23H38ClN3O2. The van der Waals surface area contributed by atoms with Crippen molar-refractivity contribution >= 4 is 18.3 Å². The van der Waals surface area contributed by atoms with Crippen molar-refractivity contribution in [3.63, 3.8) is 0 Å². The van der Waals surface area contributed by atoms with Gasteiger partial charge in [-0.3, -0.25) is 9.78 Å². The number of hydrogen-bond donors (Lipinski definition) is 1. The Balaban J connectivity index is 0.00000300. The van der Waals surface area contributed by atoms with Crippen LogP contribution in [0, 0.1) is 25.7 Å². The second-order valence-electron chi connectivity index (χ2n) is 8.69. The Bertz CT molecular complexity index is 655. The topological polar surface area (TPSA) is 54.5 Å². The summed E-state index contributed by atoms with van der Waals surface area (Å²) < 4.78 is 5.66. The number of rotatable bonds is 7. The van der Waals surface area contributed by atoms with Crippen LogP contribution in [-0.2, 0) is 4.74 Å². The molecule has 164 valence electrons. The second-order valence-corrected chi connectivity index (χ2v) is 8.69. The molecule has 0 radical (unpaired) electrons. The van der Waals surface area contributed by atoms with Crippen molar-refractivity contribution < 1.29 is 9.53 Å². The molecule has 3 atom stereocenters. The zero-order valence-electron chi connectivity index (χ0n) is 18.3. The molecule has 2 fully saturated rings. The summed E-state index contributed by atoms with van der Waals surface area (Å²) in [5.74, 6) is 1.24. The summed E-state index contributed by atoms with van der Waals surface area (Å²) in [5, 5.41) is 3.35. The molecule has 1 saturated heterocycles. The zero-order valence-corrected chi connectivity index (χ0v) is 19.1. The number of piperidine rings is 1. The molecule has 0 unspecified atom stereocenters. The lowest BCUT2D eigenvalue weighted by molar-refractivity contribution is 0.0548. The van der Waals surface area contributed by atoms with Gasteiger partial charge in [0.25, 0.3) is 5.91 Å². The van der Waals surface area contributed by atoms with Crippen LogP contribution in [0.3, 0.4) is 0 Å². The molecule has 2 heterocycles. The Morgan fingerprint density at radius 1 is 1.24 bits per heavy atom. The number of hydrogen-bond acceptors (Lipinski definition) is 4. The van der Waals surface area contributed by atoms with Crippen molar-refractivity contribution in [3.05, 3.63) is 29.1 Å². The van der Waals surface area contributed by atoms with Crippen LogP contribution in [0.5, 0.6) is 0 Å². The summed E-state index contributed by atoms with van der Waals surface area (Å²) in [6, 6.07) is 2.26. The normalized spacial score (nSPS) is 25.3. The van der Waals surface area contributed by atoms with Gasteiger partial charge in [0.05, 0.1) is 12.2 Å². The number of halogens is 1. The van der Waals surface area contributed by atoms with Gasteiger partial charge in [0.2, 0.25) is 0 Å². The standard InChI is InChI=1S/C23H37N3O2.ClH/c1-4-28-16-19-8-7-11-26(14-19)15-20-9-5-6-10-22(20)25-23(27)21-13-24-18(3)12-17(21)2;/h12-13,19-20,22H,4-11,14-16H2,1-3H3,(H,25,27);1H/t19-,20-,22+;/m1./s1. The van der Waals surface area contributed by atoms with Crippen molar-refractivity contribution in [2.75, 3.05) is 32.8 Å². The molecule has 1 aliphatic carbocycles. The fourth-order valence-electron chi connectivity index (χ4n) is 4.87. The lowest BCUT2D eigenvalue weighted by atomic mass is 9.83. The molecule has 1 aromatic heterocycles. The van der Waals surface area contributed by atoms with Crippen molar-refractivity contribution in [2.45, 2.75) is 65.3 Å². The van der Waals surface area contributed by atoms with Crippen LogP contribution in [0.25, 0.3) is 0 Å². The molecule has 6 heteroatoms. The van der Waals surface area contributed by atoms with Gasteiger partial charge in [0, 0.05) is 37.6 Å². The predicted molar refractivity (Wildman–Crippen MR) is 120 cm³/mol. The third-order valence-corrected chi connectivity index (χ3v) is 6.37. The Hall–Kier alpha value is -1.17. The van der Waals surface area contributed by atoms with Crippen LogP contribution in [0.15, 0.2) is 12.3 Å². The number of aromatic nitrogens is 1. The molecule has 1 aliphatic heterocycles. The predicted octanol–water partition coefficient (Wildman–Crippen LogP) is 4.16. The Morgan fingerprint density at radius 2 is 2.03 bits per heavy atom. The van der Waals surface area contributed by atoms with Gasteiger partial charge in [0.1, 0.15) is 0 Å². The van der Waals surface area contributed by atoms with Gasteiger partial charge in [-0.15, -0.1) is 12.4 Å². The molecular weight excluding hydrogens is 386 g/mol. The van der Waals surface area contributed by atoms with E-state index in [1.54, 1.807) is 6.20 Å². The largest absolute Gasteiger partial charge is 0.381 e. The molecule has 3 rings (SSSR count). The highest BCUT2D eigenvalue weighted by atomic mass is 35.5. The first-order valence-electron chi connectivity index (χ1n) is 11.1. The monoisotopic (exact) mass is 423 g/mol. The number of nitrogens with zero attached hydrogens (tertiary/aromatic N) is 2. The molecule has 2 aliphatic rings. The van der Waals surface area contributed by atoms with E-state index in [1.165, 1.54) is 38.6 Å². The quantitative estimate of drug-likeness (QED) is 0.715. The summed E-state index contributed by atoms with van der Waals surface area (Å²) in [5.41, 5.74) is 2.67. The van der Waals surface area contributed by atoms with Crippen LogP contribution in [0.4, 0.5) is 0 Å². The number of aryl methyl sites for hydroxylation is 2. The minimum Gasteiger partial charge on any atom is -0.381 e. The summed E-state index contributed by atoms with van der Waals surface area (Å²) >= 11 is 0. The number of carbonyl (C=O) groups is 1. The number of ether oxygens (including phenoxy) is 1. The fourth-order valence-corrected chi connectivity index (χ4v) is 4.87. The van der Waals surface area contributed by atoms with Crippen molar-refractivity contribution in [3.8, 4) is 0 Å². The van der Waals surface area contributed by atoms with Gasteiger partial charge in [-0.2, -0.15) is 0 Å². The molecule has 0 aromatic carbocycles. The van der Waals surface area contributed by atoms with Gasteiger partial charge in [-0.25, -0.2) is 0 Å². The van der Waals surface area contributed by atoms with Crippen LogP contribution >= 0.6 is 12.4 Å². The average Bonchev–Trinajstić information content (AvgIpc) is 2.68. The lowest BCUT2D eigenvalue weighted by Crippen LogP contribution is -2.48. The number of carbonyl (C=O) groups excluding carboxylic acids is 1. The Labute approximate surface area is 182 Å². The van der Waals surface area contributed by atoms with Gasteiger partial charge in [0.15, 0.2) is 0 Å². The summed E-state index contributed by atoms with van der Waals surface area (Å²) in [6.07, 6.45) is 9.04. The Morgan fingerprint density at radius 3 is 2.79 bits per heavy atom. The average molecular weight is 424 g/mol. The van der Waals surface area contributed by atoms with Crippen molar-refractivity contribution in [1.82, 2.24) is 15.2 Å². The van der Waals surface area contributed by atoms with E-state index in [4.69, 9.17) is 4.74 Å². The van der Waals surface area contributed by atoms with E-state index in [0.717, 1.165) is 44.0 Å². The smallest absolute Gasteiger partial charge is 0.253 e. The fraction of sp³-hybridized carbons (Fsp3) is 0.739. The van der Waals surface area contributed by atoms with E-state index in [0.29, 0.717) is 17.4 Å². The third kappa shape index (κ3) is 6.94. The van der Waals surface area contributed by atoms with E-state index in [1.807, 2.05) is 19.9 Å². The molecule has 1 aromatic rings. The highest BCUT2D eigenvalue weighted by molar-refractivity contribution is 5.95. The number of likely N-dealkylation sites (tertiary alicyclic amines) is 1.